The van der Waals surface area contributed by atoms with Crippen LogP contribution in [0.3, 0.4) is 0 Å². The molecule has 2 rings (SSSR count). The molecular weight excluding hydrogens is 240 g/mol. The molecule has 0 aliphatic rings. The van der Waals surface area contributed by atoms with Gasteiger partial charge in [0.25, 0.3) is 5.91 Å². The van der Waals surface area contributed by atoms with Crippen LogP contribution in [0.5, 0.6) is 0 Å². The van der Waals surface area contributed by atoms with E-state index in [2.05, 4.69) is 5.32 Å². The molecule has 1 heterocycles. The van der Waals surface area contributed by atoms with Crippen LogP contribution in [0.15, 0.2) is 34.7 Å². The van der Waals surface area contributed by atoms with E-state index < -0.39 is 0 Å². The maximum atomic E-state index is 12.1. The maximum absolute atomic E-state index is 12.1. The fourth-order valence-electron chi connectivity index (χ4n) is 2.14. The first-order valence-corrected chi connectivity index (χ1v) is 6.21. The summed E-state index contributed by atoms with van der Waals surface area (Å²) in [5.41, 5.74) is 7.75. The monoisotopic (exact) mass is 258 g/mol. The van der Waals surface area contributed by atoms with Gasteiger partial charge in [-0.05, 0) is 39.0 Å². The summed E-state index contributed by atoms with van der Waals surface area (Å²) < 4.78 is 5.47. The summed E-state index contributed by atoms with van der Waals surface area (Å²) in [5, 5.41) is 2.93. The van der Waals surface area contributed by atoms with Gasteiger partial charge >= 0.3 is 0 Å². The average Bonchev–Trinajstić information content (AvgIpc) is 2.69. The van der Waals surface area contributed by atoms with Gasteiger partial charge in [0.1, 0.15) is 11.5 Å². The van der Waals surface area contributed by atoms with Gasteiger partial charge in [0.05, 0.1) is 11.6 Å². The highest BCUT2D eigenvalue weighted by Gasteiger charge is 2.17. The number of aryl methyl sites for hydroxylation is 2. The molecule has 19 heavy (non-hydrogen) atoms. The van der Waals surface area contributed by atoms with E-state index in [1.54, 1.807) is 24.3 Å². The fraction of sp³-hybridized carbons (Fsp3) is 0.267. The van der Waals surface area contributed by atoms with Crippen molar-refractivity contribution in [3.63, 3.8) is 0 Å². The predicted molar refractivity (Wildman–Crippen MR) is 74.9 cm³/mol. The SMILES string of the molecule is Cc1cc(C(C)NC(=O)c2ccccc2N)c(C)o1. The van der Waals surface area contributed by atoms with E-state index in [0.29, 0.717) is 11.3 Å². The fourth-order valence-corrected chi connectivity index (χ4v) is 2.14. The van der Waals surface area contributed by atoms with Crippen LogP contribution in [0, 0.1) is 13.8 Å². The van der Waals surface area contributed by atoms with Crippen LogP contribution < -0.4 is 11.1 Å². The number of hydrogen-bond acceptors (Lipinski definition) is 3. The molecule has 100 valence electrons. The van der Waals surface area contributed by atoms with Crippen molar-refractivity contribution in [2.24, 2.45) is 0 Å². The molecule has 1 atom stereocenters. The second-order valence-electron chi connectivity index (χ2n) is 4.65. The minimum atomic E-state index is -0.177. The first-order valence-electron chi connectivity index (χ1n) is 6.21. The Morgan fingerprint density at radius 3 is 2.58 bits per heavy atom. The topological polar surface area (TPSA) is 68.3 Å². The molecule has 0 spiro atoms. The lowest BCUT2D eigenvalue weighted by Crippen LogP contribution is -2.27. The molecule has 0 saturated carbocycles. The molecule has 0 saturated heterocycles. The molecule has 4 nitrogen and oxygen atoms in total. The average molecular weight is 258 g/mol. The molecule has 0 fully saturated rings. The third-order valence-electron chi connectivity index (χ3n) is 3.10. The van der Waals surface area contributed by atoms with Crippen LogP contribution in [-0.2, 0) is 0 Å². The number of carbonyl (C=O) groups is 1. The van der Waals surface area contributed by atoms with E-state index in [1.807, 2.05) is 26.8 Å². The molecule has 0 radical (unpaired) electrons. The lowest BCUT2D eigenvalue weighted by atomic mass is 10.1. The van der Waals surface area contributed by atoms with Crippen LogP contribution in [0.25, 0.3) is 0 Å². The molecule has 2 aromatic rings. The van der Waals surface area contributed by atoms with E-state index in [9.17, 15) is 4.79 Å². The Morgan fingerprint density at radius 1 is 1.32 bits per heavy atom. The molecule has 1 aromatic heterocycles. The quantitative estimate of drug-likeness (QED) is 0.832. The first-order chi connectivity index (χ1) is 8.99. The smallest absolute Gasteiger partial charge is 0.253 e. The van der Waals surface area contributed by atoms with Crippen molar-refractivity contribution in [2.75, 3.05) is 5.73 Å². The van der Waals surface area contributed by atoms with E-state index >= 15 is 0 Å². The molecular formula is C15H18N2O2. The summed E-state index contributed by atoms with van der Waals surface area (Å²) in [6.45, 7) is 5.70. The lowest BCUT2D eigenvalue weighted by Gasteiger charge is -2.14. The van der Waals surface area contributed by atoms with Crippen molar-refractivity contribution in [1.29, 1.82) is 0 Å². The summed E-state index contributed by atoms with van der Waals surface area (Å²) in [7, 11) is 0. The van der Waals surface area contributed by atoms with Crippen molar-refractivity contribution < 1.29 is 9.21 Å². The van der Waals surface area contributed by atoms with Crippen LogP contribution in [0.1, 0.15) is 40.4 Å². The maximum Gasteiger partial charge on any atom is 0.253 e. The summed E-state index contributed by atoms with van der Waals surface area (Å²) in [5.74, 6) is 1.49. The minimum absolute atomic E-state index is 0.121. The Kier molecular flexibility index (Phi) is 3.60. The number of nitrogens with two attached hydrogens (primary N) is 1. The zero-order chi connectivity index (χ0) is 14.0. The molecule has 0 aliphatic carbocycles. The minimum Gasteiger partial charge on any atom is -0.466 e. The highest BCUT2D eigenvalue weighted by Crippen LogP contribution is 2.22. The standard InChI is InChI=1S/C15H18N2O2/c1-9-8-13(11(3)19-9)10(2)17-15(18)12-6-4-5-7-14(12)16/h4-8,10H,16H2,1-3H3,(H,17,18). The van der Waals surface area contributed by atoms with E-state index in [-0.39, 0.29) is 11.9 Å². The third-order valence-corrected chi connectivity index (χ3v) is 3.10. The first kappa shape index (κ1) is 13.2. The van der Waals surface area contributed by atoms with Crippen LogP contribution in [-0.4, -0.2) is 5.91 Å². The van der Waals surface area contributed by atoms with Gasteiger partial charge in [0.2, 0.25) is 0 Å². The Balaban J connectivity index is 2.15. The number of nitrogen functional groups attached to an aromatic ring is 1. The van der Waals surface area contributed by atoms with Gasteiger partial charge in [-0.15, -0.1) is 0 Å². The van der Waals surface area contributed by atoms with Crippen molar-refractivity contribution in [3.8, 4) is 0 Å². The van der Waals surface area contributed by atoms with E-state index in [0.717, 1.165) is 17.1 Å². The molecule has 3 N–H and O–H groups in total. The van der Waals surface area contributed by atoms with Crippen LogP contribution >= 0.6 is 0 Å². The number of nitrogens with one attached hydrogen (secondary N) is 1. The van der Waals surface area contributed by atoms with Crippen molar-refractivity contribution in [1.82, 2.24) is 5.32 Å². The second kappa shape index (κ2) is 5.18. The predicted octanol–water partition coefficient (Wildman–Crippen LogP) is 2.97. The number of amides is 1. The number of para-hydroxylation sites is 1. The Labute approximate surface area is 112 Å². The van der Waals surface area contributed by atoms with Crippen molar-refractivity contribution >= 4 is 11.6 Å². The molecule has 1 unspecified atom stereocenters. The van der Waals surface area contributed by atoms with Gasteiger partial charge in [0, 0.05) is 11.3 Å². The molecule has 4 heteroatoms. The number of furan rings is 1. The highest BCUT2D eigenvalue weighted by molar-refractivity contribution is 5.99. The highest BCUT2D eigenvalue weighted by atomic mass is 16.3. The largest absolute Gasteiger partial charge is 0.466 e. The van der Waals surface area contributed by atoms with Gasteiger partial charge in [-0.3, -0.25) is 4.79 Å². The van der Waals surface area contributed by atoms with Gasteiger partial charge in [-0.2, -0.15) is 0 Å². The Hall–Kier alpha value is -2.23. The van der Waals surface area contributed by atoms with Crippen LogP contribution in [0.2, 0.25) is 0 Å². The molecule has 0 aliphatic heterocycles. The molecule has 1 aromatic carbocycles. The Bertz CT molecular complexity index is 602. The van der Waals surface area contributed by atoms with Gasteiger partial charge < -0.3 is 15.5 Å². The number of benzene rings is 1. The number of rotatable bonds is 3. The summed E-state index contributed by atoms with van der Waals surface area (Å²) >= 11 is 0. The van der Waals surface area contributed by atoms with E-state index in [4.69, 9.17) is 10.2 Å². The zero-order valence-electron chi connectivity index (χ0n) is 11.4. The summed E-state index contributed by atoms with van der Waals surface area (Å²) in [4.78, 5) is 12.1. The number of hydrogen-bond donors (Lipinski definition) is 2. The molecule has 0 bridgehead atoms. The summed E-state index contributed by atoms with van der Waals surface area (Å²) in [6, 6.07) is 8.85. The zero-order valence-corrected chi connectivity index (χ0v) is 11.4. The number of anilines is 1. The van der Waals surface area contributed by atoms with E-state index in [1.165, 1.54) is 0 Å². The second-order valence-corrected chi connectivity index (χ2v) is 4.65. The van der Waals surface area contributed by atoms with Crippen molar-refractivity contribution in [2.45, 2.75) is 26.8 Å². The molecule has 1 amide bonds. The summed E-state index contributed by atoms with van der Waals surface area (Å²) in [6.07, 6.45) is 0. The Morgan fingerprint density at radius 2 is 2.00 bits per heavy atom. The number of carbonyl (C=O) groups excluding carboxylic acids is 1. The van der Waals surface area contributed by atoms with Crippen LogP contribution in [0.4, 0.5) is 5.69 Å². The lowest BCUT2D eigenvalue weighted by molar-refractivity contribution is 0.0940. The van der Waals surface area contributed by atoms with Crippen molar-refractivity contribution in [3.05, 3.63) is 53.0 Å². The van der Waals surface area contributed by atoms with Gasteiger partial charge in [-0.25, -0.2) is 0 Å². The van der Waals surface area contributed by atoms with Gasteiger partial charge in [-0.1, -0.05) is 12.1 Å². The van der Waals surface area contributed by atoms with Gasteiger partial charge in [0.15, 0.2) is 0 Å². The normalized spacial score (nSPS) is 12.2. The third kappa shape index (κ3) is 2.78.